The van der Waals surface area contributed by atoms with Crippen LogP contribution >= 0.6 is 11.8 Å². The summed E-state index contributed by atoms with van der Waals surface area (Å²) in [5.74, 6) is 0.767. The van der Waals surface area contributed by atoms with E-state index in [0.29, 0.717) is 25.3 Å². The molecule has 0 saturated heterocycles. The number of nitrogens with one attached hydrogen (secondary N) is 1. The van der Waals surface area contributed by atoms with Crippen molar-refractivity contribution in [3.63, 3.8) is 0 Å². The van der Waals surface area contributed by atoms with E-state index in [-0.39, 0.29) is 10.7 Å². The van der Waals surface area contributed by atoms with Gasteiger partial charge in [-0.1, -0.05) is 13.8 Å². The Morgan fingerprint density at radius 3 is 2.43 bits per heavy atom. The fraction of sp³-hybridized carbons (Fsp3) is 0.562. The van der Waals surface area contributed by atoms with Gasteiger partial charge in [0.05, 0.1) is 13.0 Å². The third kappa shape index (κ3) is 5.87. The van der Waals surface area contributed by atoms with E-state index in [1.165, 1.54) is 0 Å². The molecule has 0 radical (unpaired) electrons. The minimum Gasteiger partial charge on any atom is -0.493 e. The normalized spacial score (nSPS) is 11.2. The van der Waals surface area contributed by atoms with Gasteiger partial charge in [-0.05, 0) is 43.4 Å². The molecule has 4 nitrogen and oxygen atoms in total. The van der Waals surface area contributed by atoms with Crippen LogP contribution in [0.25, 0.3) is 0 Å². The Balaban J connectivity index is 2.29. The van der Waals surface area contributed by atoms with Gasteiger partial charge in [0.15, 0.2) is 0 Å². The van der Waals surface area contributed by atoms with Crippen molar-refractivity contribution in [2.45, 2.75) is 37.9 Å². The van der Waals surface area contributed by atoms with Crippen molar-refractivity contribution in [3.05, 3.63) is 24.3 Å². The SMILES string of the molecule is CCC(CC)(CNC(=O)CCOc1ccc(N)cc1)SC. The third-order valence-electron chi connectivity index (χ3n) is 3.81. The number of ether oxygens (including phenoxy) is 1. The molecule has 0 aliphatic heterocycles. The van der Waals surface area contributed by atoms with Crippen LogP contribution in [0, 0.1) is 0 Å². The molecule has 0 aromatic heterocycles. The summed E-state index contributed by atoms with van der Waals surface area (Å²) in [4.78, 5) is 11.9. The standard InChI is InChI=1S/C16H26N2O2S/c1-4-16(5-2,21-3)12-18-15(19)10-11-20-14-8-6-13(17)7-9-14/h6-9H,4-5,10-12,17H2,1-3H3,(H,18,19). The lowest BCUT2D eigenvalue weighted by Gasteiger charge is -2.29. The third-order valence-corrected chi connectivity index (χ3v) is 5.40. The van der Waals surface area contributed by atoms with Crippen LogP contribution in [0.1, 0.15) is 33.1 Å². The van der Waals surface area contributed by atoms with Gasteiger partial charge in [-0.3, -0.25) is 4.79 Å². The Labute approximate surface area is 131 Å². The number of carbonyl (C=O) groups is 1. The molecule has 0 fully saturated rings. The molecule has 0 bridgehead atoms. The molecule has 3 N–H and O–H groups in total. The van der Waals surface area contributed by atoms with Gasteiger partial charge in [-0.15, -0.1) is 0 Å². The minimum atomic E-state index is 0.0331. The van der Waals surface area contributed by atoms with Gasteiger partial charge in [0, 0.05) is 17.0 Å². The maximum absolute atomic E-state index is 11.9. The second-order valence-electron chi connectivity index (χ2n) is 5.04. The molecule has 1 aromatic carbocycles. The highest BCUT2D eigenvalue weighted by Gasteiger charge is 2.25. The van der Waals surface area contributed by atoms with E-state index in [1.54, 1.807) is 24.3 Å². The fourth-order valence-corrected chi connectivity index (χ4v) is 2.83. The second-order valence-corrected chi connectivity index (χ2v) is 6.31. The number of benzene rings is 1. The molecule has 5 heteroatoms. The Bertz CT molecular complexity index is 422. The van der Waals surface area contributed by atoms with Crippen LogP contribution in [0.15, 0.2) is 24.3 Å². The van der Waals surface area contributed by atoms with Crippen LogP contribution in [0.3, 0.4) is 0 Å². The molecule has 118 valence electrons. The number of thioether (sulfide) groups is 1. The van der Waals surface area contributed by atoms with Gasteiger partial charge < -0.3 is 15.8 Å². The number of carbonyl (C=O) groups excluding carboxylic acids is 1. The second kappa shape index (κ2) is 8.82. The molecular weight excluding hydrogens is 284 g/mol. The number of rotatable bonds is 9. The largest absolute Gasteiger partial charge is 0.493 e. The van der Waals surface area contributed by atoms with Crippen LogP contribution in [-0.4, -0.2) is 30.1 Å². The minimum absolute atomic E-state index is 0.0331. The van der Waals surface area contributed by atoms with E-state index in [1.807, 2.05) is 11.8 Å². The summed E-state index contributed by atoms with van der Waals surface area (Å²) in [7, 11) is 0. The molecule has 0 spiro atoms. The van der Waals surface area contributed by atoms with Gasteiger partial charge in [0.2, 0.25) is 5.91 Å². The smallest absolute Gasteiger partial charge is 0.223 e. The molecule has 0 aliphatic rings. The van der Waals surface area contributed by atoms with Crippen molar-refractivity contribution in [2.24, 2.45) is 0 Å². The van der Waals surface area contributed by atoms with Crippen LogP contribution in [0.4, 0.5) is 5.69 Å². The summed E-state index contributed by atoms with van der Waals surface area (Å²) in [6.07, 6.45) is 4.56. The maximum Gasteiger partial charge on any atom is 0.223 e. The molecule has 0 atom stereocenters. The first-order chi connectivity index (χ1) is 10.0. The Hall–Kier alpha value is -1.36. The highest BCUT2D eigenvalue weighted by molar-refractivity contribution is 8.00. The molecule has 21 heavy (non-hydrogen) atoms. The van der Waals surface area contributed by atoms with Gasteiger partial charge >= 0.3 is 0 Å². The average molecular weight is 310 g/mol. The molecule has 1 amide bonds. The molecule has 0 unspecified atom stereocenters. The predicted octanol–water partition coefficient (Wildman–Crippen LogP) is 3.08. The van der Waals surface area contributed by atoms with E-state index in [0.717, 1.165) is 18.6 Å². The summed E-state index contributed by atoms with van der Waals surface area (Å²) < 4.78 is 5.67. The lowest BCUT2D eigenvalue weighted by atomic mass is 10.0. The topological polar surface area (TPSA) is 64.3 Å². The molecule has 1 rings (SSSR count). The lowest BCUT2D eigenvalue weighted by molar-refractivity contribution is -0.121. The zero-order chi connectivity index (χ0) is 15.7. The number of anilines is 1. The summed E-state index contributed by atoms with van der Waals surface area (Å²) >= 11 is 1.82. The van der Waals surface area contributed by atoms with Crippen molar-refractivity contribution in [1.29, 1.82) is 0 Å². The summed E-state index contributed by atoms with van der Waals surface area (Å²) in [6.45, 7) is 5.41. The van der Waals surface area contributed by atoms with Crippen molar-refractivity contribution in [2.75, 3.05) is 25.1 Å². The van der Waals surface area contributed by atoms with Crippen molar-refractivity contribution < 1.29 is 9.53 Å². The van der Waals surface area contributed by atoms with Gasteiger partial charge in [0.1, 0.15) is 5.75 Å². The van der Waals surface area contributed by atoms with Crippen molar-refractivity contribution in [3.8, 4) is 5.75 Å². The first-order valence-corrected chi connectivity index (χ1v) is 8.58. The summed E-state index contributed by atoms with van der Waals surface area (Å²) in [5, 5.41) is 3.01. The fourth-order valence-electron chi connectivity index (χ4n) is 2.03. The summed E-state index contributed by atoms with van der Waals surface area (Å²) in [6, 6.07) is 7.18. The zero-order valence-corrected chi connectivity index (χ0v) is 14.0. The zero-order valence-electron chi connectivity index (χ0n) is 13.1. The van der Waals surface area contributed by atoms with E-state index >= 15 is 0 Å². The van der Waals surface area contributed by atoms with E-state index in [2.05, 4.69) is 25.4 Å². The molecule has 0 aliphatic carbocycles. The Morgan fingerprint density at radius 1 is 1.29 bits per heavy atom. The van der Waals surface area contributed by atoms with Crippen LogP contribution in [0.5, 0.6) is 5.75 Å². The molecular formula is C16H26N2O2S. The number of nitrogens with two attached hydrogens (primary N) is 1. The lowest BCUT2D eigenvalue weighted by Crippen LogP contribution is -2.39. The Morgan fingerprint density at radius 2 is 1.90 bits per heavy atom. The van der Waals surface area contributed by atoms with Crippen LogP contribution in [-0.2, 0) is 4.79 Å². The maximum atomic E-state index is 11.9. The van der Waals surface area contributed by atoms with E-state index in [4.69, 9.17) is 10.5 Å². The van der Waals surface area contributed by atoms with Gasteiger partial charge in [0.25, 0.3) is 0 Å². The molecule has 0 heterocycles. The van der Waals surface area contributed by atoms with Crippen LogP contribution < -0.4 is 15.8 Å². The first-order valence-electron chi connectivity index (χ1n) is 7.35. The van der Waals surface area contributed by atoms with Crippen molar-refractivity contribution in [1.82, 2.24) is 5.32 Å². The number of nitrogen functional groups attached to an aromatic ring is 1. The number of amides is 1. The first kappa shape index (κ1) is 17.7. The van der Waals surface area contributed by atoms with E-state index in [9.17, 15) is 4.79 Å². The highest BCUT2D eigenvalue weighted by atomic mass is 32.2. The van der Waals surface area contributed by atoms with E-state index < -0.39 is 0 Å². The van der Waals surface area contributed by atoms with Crippen LogP contribution in [0.2, 0.25) is 0 Å². The quantitative estimate of drug-likeness (QED) is 0.688. The molecule has 0 saturated carbocycles. The predicted molar refractivity (Wildman–Crippen MR) is 90.8 cm³/mol. The Kier molecular flexibility index (Phi) is 7.43. The number of hydrogen-bond donors (Lipinski definition) is 2. The monoisotopic (exact) mass is 310 g/mol. The molecule has 1 aromatic rings. The van der Waals surface area contributed by atoms with Crippen molar-refractivity contribution >= 4 is 23.4 Å². The number of hydrogen-bond acceptors (Lipinski definition) is 4. The average Bonchev–Trinajstić information content (AvgIpc) is 2.51. The van der Waals surface area contributed by atoms with Gasteiger partial charge in [-0.25, -0.2) is 0 Å². The van der Waals surface area contributed by atoms with Gasteiger partial charge in [-0.2, -0.15) is 11.8 Å². The highest BCUT2D eigenvalue weighted by Crippen LogP contribution is 2.29. The summed E-state index contributed by atoms with van der Waals surface area (Å²) in [5.41, 5.74) is 6.30.